The summed E-state index contributed by atoms with van der Waals surface area (Å²) in [6.07, 6.45) is 0.0580. The topological polar surface area (TPSA) is 66.9 Å². The van der Waals surface area contributed by atoms with Crippen molar-refractivity contribution in [2.75, 3.05) is 23.9 Å². The molecular formula is C23H30N2O4S. The standard InChI is InChI=1S/C23H30N2O4S/c1-17-5-9-21(10-6-17)25(30(27,28)22-11-7-18(2)8-12-22)14-13-23(26)24-15-19(3)29-20(4)16-24/h5-12,19-20H,13-16H2,1-4H3. The first-order chi connectivity index (χ1) is 14.2. The molecule has 0 spiro atoms. The predicted molar refractivity (Wildman–Crippen MR) is 118 cm³/mol. The van der Waals surface area contributed by atoms with Gasteiger partial charge in [0, 0.05) is 26.1 Å². The molecule has 1 amide bonds. The number of hydrogen-bond donors (Lipinski definition) is 0. The van der Waals surface area contributed by atoms with Gasteiger partial charge in [0.2, 0.25) is 5.91 Å². The Kier molecular flexibility index (Phi) is 6.83. The number of morpholine rings is 1. The average molecular weight is 431 g/mol. The van der Waals surface area contributed by atoms with Crippen LogP contribution < -0.4 is 4.31 Å². The Balaban J connectivity index is 1.84. The molecule has 1 aliphatic heterocycles. The van der Waals surface area contributed by atoms with Crippen LogP contribution in [0.4, 0.5) is 5.69 Å². The molecule has 7 heteroatoms. The number of rotatable bonds is 6. The molecule has 162 valence electrons. The highest BCUT2D eigenvalue weighted by atomic mass is 32.2. The summed E-state index contributed by atoms with van der Waals surface area (Å²) in [5.74, 6) is -0.0618. The van der Waals surface area contributed by atoms with Crippen LogP contribution in [0.3, 0.4) is 0 Å². The molecule has 1 heterocycles. The average Bonchev–Trinajstić information content (AvgIpc) is 2.68. The fourth-order valence-electron chi connectivity index (χ4n) is 3.67. The van der Waals surface area contributed by atoms with Crippen molar-refractivity contribution in [2.24, 2.45) is 0 Å². The second-order valence-corrected chi connectivity index (χ2v) is 9.89. The molecule has 6 nitrogen and oxygen atoms in total. The summed E-state index contributed by atoms with van der Waals surface area (Å²) in [4.78, 5) is 14.8. The molecule has 1 aliphatic rings. The molecule has 2 aromatic rings. The Bertz CT molecular complexity index is 961. The van der Waals surface area contributed by atoms with Crippen molar-refractivity contribution in [3.8, 4) is 0 Å². The molecule has 0 N–H and O–H groups in total. The van der Waals surface area contributed by atoms with Crippen LogP contribution in [0.15, 0.2) is 53.4 Å². The summed E-state index contributed by atoms with van der Waals surface area (Å²) < 4.78 is 33.8. The summed E-state index contributed by atoms with van der Waals surface area (Å²) in [6, 6.07) is 14.1. The highest BCUT2D eigenvalue weighted by Crippen LogP contribution is 2.25. The molecular weight excluding hydrogens is 400 g/mol. The van der Waals surface area contributed by atoms with Crippen LogP contribution in [0.2, 0.25) is 0 Å². The van der Waals surface area contributed by atoms with Gasteiger partial charge in [-0.2, -0.15) is 0 Å². The van der Waals surface area contributed by atoms with Crippen LogP contribution >= 0.6 is 0 Å². The van der Waals surface area contributed by atoms with Crippen molar-refractivity contribution >= 4 is 21.6 Å². The zero-order chi connectivity index (χ0) is 21.9. The Morgan fingerprint density at radius 3 is 2.00 bits per heavy atom. The van der Waals surface area contributed by atoms with E-state index in [4.69, 9.17) is 4.74 Å². The number of benzene rings is 2. The monoisotopic (exact) mass is 430 g/mol. The van der Waals surface area contributed by atoms with E-state index in [1.807, 2.05) is 39.8 Å². The van der Waals surface area contributed by atoms with E-state index in [0.717, 1.165) is 11.1 Å². The molecule has 0 aromatic heterocycles. The van der Waals surface area contributed by atoms with E-state index in [2.05, 4.69) is 0 Å². The summed E-state index contributed by atoms with van der Waals surface area (Å²) in [5.41, 5.74) is 2.58. The van der Waals surface area contributed by atoms with Crippen LogP contribution in [0.25, 0.3) is 0 Å². The lowest BCUT2D eigenvalue weighted by Gasteiger charge is -2.35. The van der Waals surface area contributed by atoms with Gasteiger partial charge >= 0.3 is 0 Å². The highest BCUT2D eigenvalue weighted by Gasteiger charge is 2.29. The third-order valence-electron chi connectivity index (χ3n) is 5.23. The lowest BCUT2D eigenvalue weighted by Crippen LogP contribution is -2.49. The number of ether oxygens (including phenoxy) is 1. The minimum Gasteiger partial charge on any atom is -0.372 e. The fourth-order valence-corrected chi connectivity index (χ4v) is 5.14. The summed E-state index contributed by atoms with van der Waals surface area (Å²) in [7, 11) is -3.79. The van der Waals surface area contributed by atoms with Gasteiger partial charge in [-0.25, -0.2) is 8.42 Å². The number of anilines is 1. The van der Waals surface area contributed by atoms with Crippen LogP contribution in [-0.4, -0.2) is 51.1 Å². The molecule has 0 radical (unpaired) electrons. The molecule has 0 aliphatic carbocycles. The third-order valence-corrected chi connectivity index (χ3v) is 7.07. The minimum atomic E-state index is -3.79. The maximum atomic E-state index is 13.4. The van der Waals surface area contributed by atoms with Crippen molar-refractivity contribution in [1.29, 1.82) is 0 Å². The molecule has 0 bridgehead atoms. The maximum absolute atomic E-state index is 13.4. The predicted octanol–water partition coefficient (Wildman–Crippen LogP) is 3.52. The molecule has 2 aromatic carbocycles. The molecule has 3 rings (SSSR count). The first-order valence-electron chi connectivity index (χ1n) is 10.3. The van der Waals surface area contributed by atoms with Crippen molar-refractivity contribution in [3.05, 3.63) is 59.7 Å². The summed E-state index contributed by atoms with van der Waals surface area (Å²) in [6.45, 7) is 8.88. The van der Waals surface area contributed by atoms with E-state index in [1.165, 1.54) is 4.31 Å². The van der Waals surface area contributed by atoms with Crippen LogP contribution in [0.5, 0.6) is 0 Å². The normalized spacial score (nSPS) is 19.5. The van der Waals surface area contributed by atoms with Crippen molar-refractivity contribution in [3.63, 3.8) is 0 Å². The lowest BCUT2D eigenvalue weighted by molar-refractivity contribution is -0.142. The molecule has 1 fully saturated rings. The van der Waals surface area contributed by atoms with Gasteiger partial charge < -0.3 is 9.64 Å². The summed E-state index contributed by atoms with van der Waals surface area (Å²) >= 11 is 0. The second-order valence-electron chi connectivity index (χ2n) is 8.03. The number of sulfonamides is 1. The molecule has 2 unspecified atom stereocenters. The van der Waals surface area contributed by atoms with Gasteiger partial charge in [0.25, 0.3) is 10.0 Å². The lowest BCUT2D eigenvalue weighted by atomic mass is 10.2. The van der Waals surface area contributed by atoms with E-state index in [-0.39, 0.29) is 36.0 Å². The number of carbonyl (C=O) groups is 1. The zero-order valence-electron chi connectivity index (χ0n) is 18.0. The first kappa shape index (κ1) is 22.3. The summed E-state index contributed by atoms with van der Waals surface area (Å²) in [5, 5.41) is 0. The number of aryl methyl sites for hydroxylation is 2. The van der Waals surface area contributed by atoms with E-state index >= 15 is 0 Å². The zero-order valence-corrected chi connectivity index (χ0v) is 18.9. The number of hydrogen-bond acceptors (Lipinski definition) is 4. The second kappa shape index (κ2) is 9.18. The molecule has 1 saturated heterocycles. The van der Waals surface area contributed by atoms with Gasteiger partial charge in [-0.15, -0.1) is 0 Å². The third kappa shape index (κ3) is 5.21. The van der Waals surface area contributed by atoms with Gasteiger partial charge in [-0.1, -0.05) is 35.4 Å². The van der Waals surface area contributed by atoms with Crippen molar-refractivity contribution in [2.45, 2.75) is 51.2 Å². The van der Waals surface area contributed by atoms with Crippen molar-refractivity contribution < 1.29 is 17.9 Å². The number of carbonyl (C=O) groups excluding carboxylic acids is 1. The largest absolute Gasteiger partial charge is 0.372 e. The van der Waals surface area contributed by atoms with Crippen LogP contribution in [0.1, 0.15) is 31.4 Å². The van der Waals surface area contributed by atoms with E-state index in [9.17, 15) is 13.2 Å². The molecule has 2 atom stereocenters. The van der Waals surface area contributed by atoms with E-state index in [1.54, 1.807) is 41.3 Å². The maximum Gasteiger partial charge on any atom is 0.264 e. The van der Waals surface area contributed by atoms with Gasteiger partial charge in [-0.05, 0) is 52.0 Å². The van der Waals surface area contributed by atoms with Crippen LogP contribution in [0, 0.1) is 13.8 Å². The van der Waals surface area contributed by atoms with Crippen LogP contribution in [-0.2, 0) is 19.6 Å². The number of nitrogens with zero attached hydrogens (tertiary/aromatic N) is 2. The highest BCUT2D eigenvalue weighted by molar-refractivity contribution is 7.92. The Hall–Kier alpha value is -2.38. The smallest absolute Gasteiger partial charge is 0.264 e. The van der Waals surface area contributed by atoms with Crippen molar-refractivity contribution in [1.82, 2.24) is 4.90 Å². The van der Waals surface area contributed by atoms with Gasteiger partial charge in [0.15, 0.2) is 0 Å². The number of amides is 1. The fraction of sp³-hybridized carbons (Fsp3) is 0.435. The first-order valence-corrected chi connectivity index (χ1v) is 11.7. The van der Waals surface area contributed by atoms with E-state index in [0.29, 0.717) is 18.8 Å². The van der Waals surface area contributed by atoms with E-state index < -0.39 is 10.0 Å². The minimum absolute atomic E-state index is 0.0257. The molecule has 30 heavy (non-hydrogen) atoms. The van der Waals surface area contributed by atoms with Gasteiger partial charge in [0.05, 0.1) is 22.8 Å². The molecule has 0 saturated carbocycles. The van der Waals surface area contributed by atoms with Gasteiger partial charge in [-0.3, -0.25) is 9.10 Å². The Morgan fingerprint density at radius 2 is 1.47 bits per heavy atom. The quantitative estimate of drug-likeness (QED) is 0.703. The Labute approximate surface area is 179 Å². The van der Waals surface area contributed by atoms with Gasteiger partial charge in [0.1, 0.15) is 0 Å². The SMILES string of the molecule is Cc1ccc(N(CCC(=O)N2CC(C)OC(C)C2)S(=O)(=O)c2ccc(C)cc2)cc1. The Morgan fingerprint density at radius 1 is 0.967 bits per heavy atom.